The highest BCUT2D eigenvalue weighted by atomic mass is 16.3. The van der Waals surface area contributed by atoms with Crippen LogP contribution in [-0.2, 0) is 0 Å². The van der Waals surface area contributed by atoms with Gasteiger partial charge < -0.3 is 20.4 Å². The molecule has 0 aliphatic rings. The zero-order valence-corrected chi connectivity index (χ0v) is 19.5. The van der Waals surface area contributed by atoms with Crippen molar-refractivity contribution in [3.05, 3.63) is 83.4 Å². The van der Waals surface area contributed by atoms with Crippen molar-refractivity contribution in [2.24, 2.45) is 10.2 Å². The maximum absolute atomic E-state index is 13.2. The van der Waals surface area contributed by atoms with Crippen molar-refractivity contribution < 1.29 is 15.0 Å². The van der Waals surface area contributed by atoms with Gasteiger partial charge in [-0.25, -0.2) is 0 Å². The lowest BCUT2D eigenvalue weighted by molar-refractivity contribution is 0.102. The van der Waals surface area contributed by atoms with Gasteiger partial charge in [-0.3, -0.25) is 4.79 Å². The molecule has 0 unspecified atom stereocenters. The molecule has 0 heterocycles. The Morgan fingerprint density at radius 3 is 2.21 bits per heavy atom. The van der Waals surface area contributed by atoms with Crippen LogP contribution in [0.1, 0.15) is 21.5 Å². The summed E-state index contributed by atoms with van der Waals surface area (Å²) in [5, 5.41) is 33.7. The summed E-state index contributed by atoms with van der Waals surface area (Å²) in [6.07, 6.45) is 0. The SMILES string of the molecule is Cc1c(O)ccc(N=Nc2cc(C(=O)Nc3ccccc3N(C)C)c(O)c3ccccc23)c1C. The molecule has 4 rings (SSSR count). The molecule has 0 aromatic heterocycles. The zero-order chi connectivity index (χ0) is 24.4. The van der Waals surface area contributed by atoms with Gasteiger partial charge in [-0.2, -0.15) is 5.11 Å². The van der Waals surface area contributed by atoms with Gasteiger partial charge in [0.1, 0.15) is 11.5 Å². The summed E-state index contributed by atoms with van der Waals surface area (Å²) in [7, 11) is 3.79. The minimum atomic E-state index is -0.453. The van der Waals surface area contributed by atoms with Crippen molar-refractivity contribution in [3.8, 4) is 11.5 Å². The van der Waals surface area contributed by atoms with E-state index in [0.717, 1.165) is 16.8 Å². The fourth-order valence-electron chi connectivity index (χ4n) is 3.76. The minimum Gasteiger partial charge on any atom is -0.508 e. The number of azo groups is 1. The number of fused-ring (bicyclic) bond motifs is 1. The number of aromatic hydroxyl groups is 2. The molecule has 0 spiro atoms. The molecule has 172 valence electrons. The third-order valence-corrected chi connectivity index (χ3v) is 5.87. The van der Waals surface area contributed by atoms with E-state index in [0.29, 0.717) is 27.8 Å². The molecule has 34 heavy (non-hydrogen) atoms. The van der Waals surface area contributed by atoms with Gasteiger partial charge in [-0.05, 0) is 55.3 Å². The van der Waals surface area contributed by atoms with E-state index in [4.69, 9.17) is 0 Å². The van der Waals surface area contributed by atoms with Crippen LogP contribution in [-0.4, -0.2) is 30.2 Å². The molecule has 3 N–H and O–H groups in total. The van der Waals surface area contributed by atoms with Crippen molar-refractivity contribution in [1.82, 2.24) is 0 Å². The fraction of sp³-hybridized carbons (Fsp3) is 0.148. The van der Waals surface area contributed by atoms with Crippen LogP contribution in [0.2, 0.25) is 0 Å². The number of hydrogen-bond donors (Lipinski definition) is 3. The zero-order valence-electron chi connectivity index (χ0n) is 19.5. The van der Waals surface area contributed by atoms with Crippen LogP contribution in [0.5, 0.6) is 11.5 Å². The van der Waals surface area contributed by atoms with Crippen LogP contribution in [0.4, 0.5) is 22.7 Å². The number of benzene rings is 4. The highest BCUT2D eigenvalue weighted by Crippen LogP contribution is 2.38. The molecule has 4 aromatic rings. The average Bonchev–Trinajstić information content (AvgIpc) is 2.83. The Labute approximate surface area is 198 Å². The molecule has 0 fully saturated rings. The van der Waals surface area contributed by atoms with E-state index in [1.165, 1.54) is 6.07 Å². The third kappa shape index (κ3) is 4.28. The second-order valence-corrected chi connectivity index (χ2v) is 8.26. The van der Waals surface area contributed by atoms with Crippen molar-refractivity contribution >= 4 is 39.4 Å². The van der Waals surface area contributed by atoms with Crippen molar-refractivity contribution in [2.75, 3.05) is 24.3 Å². The summed E-state index contributed by atoms with van der Waals surface area (Å²) in [4.78, 5) is 15.1. The van der Waals surface area contributed by atoms with E-state index in [2.05, 4.69) is 15.5 Å². The number of hydrogen-bond acceptors (Lipinski definition) is 6. The van der Waals surface area contributed by atoms with Gasteiger partial charge in [0.15, 0.2) is 0 Å². The second-order valence-electron chi connectivity index (χ2n) is 8.26. The topological polar surface area (TPSA) is 97.5 Å². The number of phenols is 2. The van der Waals surface area contributed by atoms with E-state index in [-0.39, 0.29) is 17.1 Å². The molecule has 7 heteroatoms. The van der Waals surface area contributed by atoms with Gasteiger partial charge in [0.2, 0.25) is 0 Å². The molecule has 0 bridgehead atoms. The smallest absolute Gasteiger partial charge is 0.259 e. The third-order valence-electron chi connectivity index (χ3n) is 5.87. The molecule has 0 aliphatic heterocycles. The van der Waals surface area contributed by atoms with E-state index in [1.807, 2.05) is 69.2 Å². The van der Waals surface area contributed by atoms with E-state index in [9.17, 15) is 15.0 Å². The Hall–Kier alpha value is -4.39. The summed E-state index contributed by atoms with van der Waals surface area (Å²) in [6, 6.07) is 19.4. The van der Waals surface area contributed by atoms with Gasteiger partial charge in [0, 0.05) is 24.9 Å². The number of carbonyl (C=O) groups is 1. The summed E-state index contributed by atoms with van der Waals surface area (Å²) < 4.78 is 0. The van der Waals surface area contributed by atoms with Gasteiger partial charge in [-0.1, -0.05) is 36.4 Å². The van der Waals surface area contributed by atoms with Gasteiger partial charge in [0.25, 0.3) is 5.91 Å². The number of amides is 1. The first-order chi connectivity index (χ1) is 16.3. The molecule has 0 radical (unpaired) electrons. The maximum atomic E-state index is 13.2. The number of phenolic OH excluding ortho intramolecular Hbond substituents is 2. The highest BCUT2D eigenvalue weighted by Gasteiger charge is 2.19. The summed E-state index contributed by atoms with van der Waals surface area (Å²) in [5.74, 6) is -0.375. The van der Waals surface area contributed by atoms with Gasteiger partial charge in [0.05, 0.1) is 28.3 Å². The highest BCUT2D eigenvalue weighted by molar-refractivity contribution is 6.13. The van der Waals surface area contributed by atoms with Gasteiger partial charge in [-0.15, -0.1) is 5.11 Å². The Kier molecular flexibility index (Phi) is 6.19. The second kappa shape index (κ2) is 9.23. The minimum absolute atomic E-state index is 0.0971. The number of rotatable bonds is 5. The normalized spacial score (nSPS) is 11.2. The molecular formula is C27H26N4O3. The number of anilines is 2. The molecule has 0 atom stereocenters. The number of carbonyl (C=O) groups excluding carboxylic acids is 1. The Balaban J connectivity index is 1.79. The van der Waals surface area contributed by atoms with Crippen molar-refractivity contribution in [1.29, 1.82) is 0 Å². The van der Waals surface area contributed by atoms with Crippen molar-refractivity contribution in [3.63, 3.8) is 0 Å². The lowest BCUT2D eigenvalue weighted by Crippen LogP contribution is -2.16. The lowest BCUT2D eigenvalue weighted by Gasteiger charge is -2.18. The van der Waals surface area contributed by atoms with Crippen LogP contribution in [0.25, 0.3) is 10.8 Å². The summed E-state index contributed by atoms with van der Waals surface area (Å²) in [5.41, 5.74) is 4.16. The number of para-hydroxylation sites is 2. The lowest BCUT2D eigenvalue weighted by atomic mass is 10.0. The van der Waals surface area contributed by atoms with E-state index < -0.39 is 5.91 Å². The average molecular weight is 455 g/mol. The predicted molar refractivity (Wildman–Crippen MR) is 136 cm³/mol. The molecule has 4 aromatic carbocycles. The first-order valence-electron chi connectivity index (χ1n) is 10.8. The van der Waals surface area contributed by atoms with Crippen LogP contribution in [0, 0.1) is 13.8 Å². The largest absolute Gasteiger partial charge is 0.508 e. The first kappa shape index (κ1) is 22.8. The van der Waals surface area contributed by atoms with Crippen molar-refractivity contribution in [2.45, 2.75) is 13.8 Å². The molecule has 1 amide bonds. The monoisotopic (exact) mass is 454 g/mol. The predicted octanol–water partition coefficient (Wildman–Crippen LogP) is 6.60. The first-order valence-corrected chi connectivity index (χ1v) is 10.8. The maximum Gasteiger partial charge on any atom is 0.259 e. The fourth-order valence-corrected chi connectivity index (χ4v) is 3.76. The Morgan fingerprint density at radius 1 is 0.824 bits per heavy atom. The Bertz CT molecular complexity index is 1430. The molecule has 0 saturated heterocycles. The van der Waals surface area contributed by atoms with Crippen LogP contribution < -0.4 is 10.2 Å². The van der Waals surface area contributed by atoms with Crippen LogP contribution in [0.15, 0.2) is 77.0 Å². The number of nitrogens with one attached hydrogen (secondary N) is 1. The van der Waals surface area contributed by atoms with E-state index in [1.54, 1.807) is 24.3 Å². The summed E-state index contributed by atoms with van der Waals surface area (Å²) >= 11 is 0. The molecule has 0 saturated carbocycles. The molecular weight excluding hydrogens is 428 g/mol. The van der Waals surface area contributed by atoms with Crippen LogP contribution in [0.3, 0.4) is 0 Å². The quantitative estimate of drug-likeness (QED) is 0.296. The van der Waals surface area contributed by atoms with E-state index >= 15 is 0 Å². The Morgan fingerprint density at radius 2 is 1.47 bits per heavy atom. The number of nitrogens with zero attached hydrogens (tertiary/aromatic N) is 3. The molecule has 0 aliphatic carbocycles. The molecule has 7 nitrogen and oxygen atoms in total. The van der Waals surface area contributed by atoms with Gasteiger partial charge >= 0.3 is 0 Å². The standard InChI is InChI=1S/C27H26N4O3/c1-16-17(2)25(32)14-13-21(16)29-30-23-15-20(26(33)19-10-6-5-9-18(19)23)27(34)28-22-11-7-8-12-24(22)31(3)4/h5-15,32-33H,1-4H3,(H,28,34). The summed E-state index contributed by atoms with van der Waals surface area (Å²) in [6.45, 7) is 3.67. The van der Waals surface area contributed by atoms with Crippen LogP contribution >= 0.6 is 0 Å².